The Labute approximate surface area is 365 Å². The minimum absolute atomic E-state index is 0.112. The van der Waals surface area contributed by atoms with Crippen molar-refractivity contribution >= 4 is 53.3 Å². The van der Waals surface area contributed by atoms with Crippen LogP contribution in [-0.2, 0) is 43.1 Å². The lowest BCUT2D eigenvalue weighted by molar-refractivity contribution is -0.155. The number of guanidine groups is 1. The number of nitrogens with one attached hydrogen (secondary N) is 6. The largest absolute Gasteiger partial charge is 0.458 e. The minimum atomic E-state index is -1.68. The standard InChI is InChI=1S/C41H74N10O11/c1-22(2)31-36(57)49-32(23(3)4)37(58)51-33(25(6)52)38(59)47-28(21-29(42)54)35(56)46-24(5)40(61)62-26(7)34(39(60)50-31)48-30(55)20-27(53)18-16-14-12-10-8-9-11-13-15-17-19-45-41(43)44/h22-28,31-34,52-53H,8-21H2,1-7H3,(H2,42,54)(H,46,56)(H,47,59)(H,48,55)(H,49,57)(H,50,60)(H,51,58)(H4,43,44,45)/t24-,25?,26?,27?,28-,31-,32+,33-,34+/m1/s1. The molecule has 21 heteroatoms. The summed E-state index contributed by atoms with van der Waals surface area (Å²) in [6.45, 7) is 10.8. The highest BCUT2D eigenvalue weighted by Crippen LogP contribution is 2.15. The second-order valence-electron chi connectivity index (χ2n) is 16.8. The molecule has 21 nitrogen and oxygen atoms in total. The second kappa shape index (κ2) is 28.5. The van der Waals surface area contributed by atoms with Crippen LogP contribution in [0.25, 0.3) is 0 Å². The van der Waals surface area contributed by atoms with Crippen molar-refractivity contribution in [2.24, 2.45) is 34.0 Å². The summed E-state index contributed by atoms with van der Waals surface area (Å²) in [5, 5.41) is 35.8. The molecule has 1 rings (SSSR count). The molecule has 14 N–H and O–H groups in total. The zero-order valence-electron chi connectivity index (χ0n) is 37.5. The molecule has 354 valence electrons. The monoisotopic (exact) mass is 883 g/mol. The molecule has 1 saturated heterocycles. The van der Waals surface area contributed by atoms with Crippen molar-refractivity contribution in [1.82, 2.24) is 31.9 Å². The molecule has 1 aliphatic heterocycles. The fraction of sp³-hybridized carbons (Fsp3) is 0.780. The van der Waals surface area contributed by atoms with E-state index in [9.17, 15) is 48.6 Å². The van der Waals surface area contributed by atoms with Gasteiger partial charge in [-0.05, 0) is 45.4 Å². The number of cyclic esters (lactones) is 1. The number of hydrogen-bond donors (Lipinski definition) is 11. The van der Waals surface area contributed by atoms with Gasteiger partial charge in [0.2, 0.25) is 41.4 Å². The Kier molecular flexibility index (Phi) is 25.3. The molecule has 0 bridgehead atoms. The van der Waals surface area contributed by atoms with Gasteiger partial charge in [-0.25, -0.2) is 4.79 Å². The number of aliphatic hydroxyl groups is 2. The molecule has 3 unspecified atom stereocenters. The van der Waals surface area contributed by atoms with E-state index in [1.165, 1.54) is 20.8 Å². The number of nitrogens with two attached hydrogens (primary N) is 3. The van der Waals surface area contributed by atoms with Crippen LogP contribution in [0.5, 0.6) is 0 Å². The SMILES string of the molecule is CC(C)[C@@H]1NC(=O)[C@@H](C(C)C)NC(=O)[C@@H](NC(=O)CC(O)CCCCCCCCCCCCN=C(N)N)C(C)OC(=O)[C@@H](C)NC(=O)[C@@H](CC(N)=O)NC(=O)[C@@H](C(C)O)NC1=O. The van der Waals surface area contributed by atoms with E-state index in [0.717, 1.165) is 57.8 Å². The van der Waals surface area contributed by atoms with Gasteiger partial charge < -0.3 is 64.1 Å². The molecule has 0 aromatic rings. The normalized spacial score (nSPS) is 24.5. The number of carbonyl (C=O) groups is 8. The maximum atomic E-state index is 13.9. The van der Waals surface area contributed by atoms with Crippen molar-refractivity contribution in [2.75, 3.05) is 6.54 Å². The highest BCUT2D eigenvalue weighted by atomic mass is 16.5. The van der Waals surface area contributed by atoms with E-state index in [1.807, 2.05) is 0 Å². The van der Waals surface area contributed by atoms with E-state index in [1.54, 1.807) is 27.7 Å². The maximum Gasteiger partial charge on any atom is 0.328 e. The molecule has 0 aromatic carbocycles. The summed E-state index contributed by atoms with van der Waals surface area (Å²) in [5.41, 5.74) is 16.0. The van der Waals surface area contributed by atoms with Crippen molar-refractivity contribution in [1.29, 1.82) is 0 Å². The topological polar surface area (TPSA) is 349 Å². The van der Waals surface area contributed by atoms with Gasteiger partial charge in [-0.3, -0.25) is 38.6 Å². The number of amides is 7. The van der Waals surface area contributed by atoms with Gasteiger partial charge in [-0.2, -0.15) is 0 Å². The summed E-state index contributed by atoms with van der Waals surface area (Å²) in [6, 6.07) is -8.99. The lowest BCUT2D eigenvalue weighted by Crippen LogP contribution is -2.63. The molecule has 7 amide bonds. The summed E-state index contributed by atoms with van der Waals surface area (Å²) in [7, 11) is 0. The zero-order valence-corrected chi connectivity index (χ0v) is 37.5. The quantitative estimate of drug-likeness (QED) is 0.0278. The third-order valence-corrected chi connectivity index (χ3v) is 10.3. The third kappa shape index (κ3) is 21.2. The van der Waals surface area contributed by atoms with Crippen LogP contribution in [0, 0.1) is 11.8 Å². The molecule has 1 heterocycles. The predicted molar refractivity (Wildman–Crippen MR) is 230 cm³/mol. The van der Waals surface area contributed by atoms with Crippen molar-refractivity contribution in [3.05, 3.63) is 0 Å². The number of rotatable bonds is 21. The Morgan fingerprint density at radius 3 is 1.61 bits per heavy atom. The second-order valence-corrected chi connectivity index (χ2v) is 16.8. The Morgan fingerprint density at radius 2 is 1.13 bits per heavy atom. The number of aliphatic imine (C=N–C) groups is 1. The number of esters is 1. The van der Waals surface area contributed by atoms with Gasteiger partial charge in [-0.15, -0.1) is 0 Å². The number of ether oxygens (including phenoxy) is 1. The van der Waals surface area contributed by atoms with Gasteiger partial charge in [0, 0.05) is 6.54 Å². The fourth-order valence-electron chi connectivity index (χ4n) is 6.66. The van der Waals surface area contributed by atoms with Gasteiger partial charge in [0.25, 0.3) is 0 Å². The number of aliphatic hydroxyl groups excluding tert-OH is 2. The molecular formula is C41H74N10O11. The van der Waals surface area contributed by atoms with E-state index in [4.69, 9.17) is 21.9 Å². The van der Waals surface area contributed by atoms with Gasteiger partial charge in [0.1, 0.15) is 42.4 Å². The summed E-state index contributed by atoms with van der Waals surface area (Å²) >= 11 is 0. The molecular weight excluding hydrogens is 809 g/mol. The molecule has 9 atom stereocenters. The Bertz CT molecular complexity index is 1520. The smallest absolute Gasteiger partial charge is 0.328 e. The van der Waals surface area contributed by atoms with E-state index in [-0.39, 0.29) is 12.4 Å². The third-order valence-electron chi connectivity index (χ3n) is 10.3. The highest BCUT2D eigenvalue weighted by molar-refractivity contribution is 5.98. The molecule has 62 heavy (non-hydrogen) atoms. The van der Waals surface area contributed by atoms with Gasteiger partial charge in [-0.1, -0.05) is 85.5 Å². The van der Waals surface area contributed by atoms with Crippen molar-refractivity contribution < 1.29 is 53.3 Å². The predicted octanol–water partition coefficient (Wildman–Crippen LogP) is -1.26. The maximum absolute atomic E-state index is 13.9. The van der Waals surface area contributed by atoms with Crippen LogP contribution in [0.1, 0.15) is 132 Å². The van der Waals surface area contributed by atoms with Gasteiger partial charge in [0.05, 0.1) is 25.0 Å². The van der Waals surface area contributed by atoms with Crippen molar-refractivity contribution in [2.45, 2.75) is 186 Å². The fourth-order valence-corrected chi connectivity index (χ4v) is 6.66. The van der Waals surface area contributed by atoms with Crippen LogP contribution in [0.4, 0.5) is 0 Å². The van der Waals surface area contributed by atoms with Crippen LogP contribution in [0.2, 0.25) is 0 Å². The average Bonchev–Trinajstić information content (AvgIpc) is 3.16. The molecule has 0 saturated carbocycles. The number of hydrogen-bond acceptors (Lipinski definition) is 12. The number of unbranched alkanes of at least 4 members (excludes halogenated alkanes) is 9. The number of carbonyl (C=O) groups excluding carboxylic acids is 8. The highest BCUT2D eigenvalue weighted by Gasteiger charge is 2.39. The van der Waals surface area contributed by atoms with E-state index < -0.39 is 120 Å². The Morgan fingerprint density at radius 1 is 0.661 bits per heavy atom. The summed E-state index contributed by atoms with van der Waals surface area (Å²) < 4.78 is 5.52. The first-order valence-electron chi connectivity index (χ1n) is 21.8. The first-order valence-corrected chi connectivity index (χ1v) is 21.8. The van der Waals surface area contributed by atoms with E-state index in [0.29, 0.717) is 19.4 Å². The van der Waals surface area contributed by atoms with Crippen LogP contribution < -0.4 is 49.1 Å². The number of primary amides is 1. The number of nitrogens with zero attached hydrogens (tertiary/aromatic N) is 1. The molecule has 1 aliphatic rings. The molecule has 0 radical (unpaired) electrons. The van der Waals surface area contributed by atoms with Crippen LogP contribution in [-0.4, -0.2) is 125 Å². The van der Waals surface area contributed by atoms with E-state index in [2.05, 4.69) is 36.9 Å². The van der Waals surface area contributed by atoms with Gasteiger partial charge in [0.15, 0.2) is 5.96 Å². The van der Waals surface area contributed by atoms with Gasteiger partial charge >= 0.3 is 5.97 Å². The summed E-state index contributed by atoms with van der Waals surface area (Å²) in [4.78, 5) is 110. The lowest BCUT2D eigenvalue weighted by Gasteiger charge is -2.31. The molecule has 0 aromatic heterocycles. The Hall–Kier alpha value is -5.05. The van der Waals surface area contributed by atoms with Crippen LogP contribution >= 0.6 is 0 Å². The first-order chi connectivity index (χ1) is 29.0. The van der Waals surface area contributed by atoms with E-state index >= 15 is 0 Å². The van der Waals surface area contributed by atoms with Crippen molar-refractivity contribution in [3.8, 4) is 0 Å². The van der Waals surface area contributed by atoms with Crippen LogP contribution in [0.3, 0.4) is 0 Å². The average molecular weight is 883 g/mol. The minimum Gasteiger partial charge on any atom is -0.458 e. The van der Waals surface area contributed by atoms with Crippen molar-refractivity contribution in [3.63, 3.8) is 0 Å². The Balaban J connectivity index is 3.18. The van der Waals surface area contributed by atoms with Crippen LogP contribution in [0.15, 0.2) is 4.99 Å². The molecule has 0 aliphatic carbocycles. The molecule has 0 spiro atoms. The summed E-state index contributed by atoms with van der Waals surface area (Å²) in [5.74, 6) is -8.62. The lowest BCUT2D eigenvalue weighted by atomic mass is 9.98. The zero-order chi connectivity index (χ0) is 47.1. The molecule has 1 fully saturated rings. The first kappa shape index (κ1) is 55.0. The summed E-state index contributed by atoms with van der Waals surface area (Å²) in [6.07, 6.45) is 5.31.